The molecule has 5 nitrogen and oxygen atoms in total. The predicted octanol–water partition coefficient (Wildman–Crippen LogP) is 1.37. The molecule has 5 heteroatoms. The fraction of sp³-hybridized carbons (Fsp3) is 0.538. The van der Waals surface area contributed by atoms with Crippen LogP contribution in [0.25, 0.3) is 0 Å². The molecule has 18 heavy (non-hydrogen) atoms. The summed E-state index contributed by atoms with van der Waals surface area (Å²) in [4.78, 5) is 18.4. The monoisotopic (exact) mass is 249 g/mol. The summed E-state index contributed by atoms with van der Waals surface area (Å²) in [6.07, 6.45) is 3.83. The lowest BCUT2D eigenvalue weighted by Crippen LogP contribution is -2.43. The smallest absolute Gasteiger partial charge is 0.257 e. The van der Waals surface area contributed by atoms with Gasteiger partial charge in [-0.05, 0) is 25.0 Å². The van der Waals surface area contributed by atoms with Crippen LogP contribution in [0.2, 0.25) is 0 Å². The van der Waals surface area contributed by atoms with Crippen LogP contribution in [-0.4, -0.2) is 49.1 Å². The molecule has 0 aromatic carbocycles. The number of anilines is 1. The van der Waals surface area contributed by atoms with Gasteiger partial charge >= 0.3 is 0 Å². The molecule has 0 bridgehead atoms. The fourth-order valence-electron chi connectivity index (χ4n) is 2.26. The minimum atomic E-state index is 0.0224. The molecule has 1 saturated heterocycles. The van der Waals surface area contributed by atoms with Crippen LogP contribution in [0.3, 0.4) is 0 Å². The fourth-order valence-corrected chi connectivity index (χ4v) is 2.26. The number of carbonyl (C=O) groups is 1. The van der Waals surface area contributed by atoms with E-state index < -0.39 is 0 Å². The van der Waals surface area contributed by atoms with E-state index in [4.69, 9.17) is 4.74 Å². The highest BCUT2D eigenvalue weighted by Gasteiger charge is 2.25. The number of likely N-dealkylation sites (tertiary alicyclic amines) is 1. The number of amides is 1. The molecule has 1 aromatic heterocycles. The Morgan fingerprint density at radius 3 is 3.17 bits per heavy atom. The molecule has 1 aliphatic heterocycles. The van der Waals surface area contributed by atoms with Crippen molar-refractivity contribution in [2.45, 2.75) is 18.9 Å². The van der Waals surface area contributed by atoms with Crippen molar-refractivity contribution in [2.75, 3.05) is 32.6 Å². The first-order valence-electron chi connectivity index (χ1n) is 6.21. The molecule has 2 rings (SSSR count). The number of nitrogens with zero attached hydrogens (tertiary/aromatic N) is 2. The highest BCUT2D eigenvalue weighted by atomic mass is 16.5. The van der Waals surface area contributed by atoms with Crippen LogP contribution in [-0.2, 0) is 4.74 Å². The second kappa shape index (κ2) is 5.82. The van der Waals surface area contributed by atoms with Gasteiger partial charge in [0.15, 0.2) is 0 Å². The van der Waals surface area contributed by atoms with Crippen molar-refractivity contribution < 1.29 is 9.53 Å². The molecule has 0 radical (unpaired) electrons. The summed E-state index contributed by atoms with van der Waals surface area (Å²) in [5.41, 5.74) is 0.622. The van der Waals surface area contributed by atoms with E-state index in [0.29, 0.717) is 17.9 Å². The number of aromatic nitrogens is 1. The number of rotatable bonds is 3. The molecule has 0 aliphatic carbocycles. The zero-order valence-electron chi connectivity index (χ0n) is 10.8. The third-order valence-corrected chi connectivity index (χ3v) is 3.27. The minimum absolute atomic E-state index is 0.0224. The zero-order valence-corrected chi connectivity index (χ0v) is 10.8. The van der Waals surface area contributed by atoms with E-state index in [0.717, 1.165) is 19.4 Å². The molecule has 1 aromatic rings. The summed E-state index contributed by atoms with van der Waals surface area (Å²) in [5.74, 6) is 0.649. The number of piperidine rings is 1. The van der Waals surface area contributed by atoms with Gasteiger partial charge in [-0.25, -0.2) is 4.98 Å². The van der Waals surface area contributed by atoms with Crippen LogP contribution in [0.5, 0.6) is 0 Å². The normalized spacial score (nSPS) is 19.7. The Hall–Kier alpha value is -1.62. The lowest BCUT2D eigenvalue weighted by molar-refractivity contribution is 0.0269. The summed E-state index contributed by atoms with van der Waals surface area (Å²) >= 11 is 0. The average Bonchev–Trinajstić information content (AvgIpc) is 2.46. The van der Waals surface area contributed by atoms with E-state index in [2.05, 4.69) is 10.3 Å². The summed E-state index contributed by atoms with van der Waals surface area (Å²) in [6, 6.07) is 3.59. The highest BCUT2D eigenvalue weighted by Crippen LogP contribution is 2.18. The Kier molecular flexibility index (Phi) is 4.15. The molecule has 1 unspecified atom stereocenters. The molecule has 98 valence electrons. The topological polar surface area (TPSA) is 54.5 Å². The maximum atomic E-state index is 12.4. The summed E-state index contributed by atoms with van der Waals surface area (Å²) in [5, 5.41) is 2.95. The predicted molar refractivity (Wildman–Crippen MR) is 69.7 cm³/mol. The maximum absolute atomic E-state index is 12.4. The largest absolute Gasteiger partial charge is 0.380 e. The molecular formula is C13H19N3O2. The molecule has 1 aliphatic rings. The molecular weight excluding hydrogens is 230 g/mol. The molecule has 2 heterocycles. The first kappa shape index (κ1) is 12.8. The van der Waals surface area contributed by atoms with Crippen molar-refractivity contribution in [2.24, 2.45) is 0 Å². The second-order valence-electron chi connectivity index (χ2n) is 4.40. The number of ether oxygens (including phenoxy) is 1. The second-order valence-corrected chi connectivity index (χ2v) is 4.40. The Labute approximate surface area is 107 Å². The third kappa shape index (κ3) is 2.61. The van der Waals surface area contributed by atoms with Gasteiger partial charge in [0.25, 0.3) is 5.91 Å². The van der Waals surface area contributed by atoms with Gasteiger partial charge in [0.2, 0.25) is 0 Å². The van der Waals surface area contributed by atoms with Crippen molar-refractivity contribution >= 4 is 11.7 Å². The van der Waals surface area contributed by atoms with Crippen LogP contribution in [0.1, 0.15) is 23.2 Å². The number of pyridine rings is 1. The van der Waals surface area contributed by atoms with E-state index >= 15 is 0 Å². The minimum Gasteiger partial charge on any atom is -0.380 e. The van der Waals surface area contributed by atoms with Crippen LogP contribution in [0.15, 0.2) is 18.3 Å². The summed E-state index contributed by atoms with van der Waals surface area (Å²) in [7, 11) is 3.47. The van der Waals surface area contributed by atoms with Crippen molar-refractivity contribution in [3.05, 3.63) is 23.9 Å². The van der Waals surface area contributed by atoms with Crippen molar-refractivity contribution in [3.8, 4) is 0 Å². The Morgan fingerprint density at radius 2 is 2.44 bits per heavy atom. The van der Waals surface area contributed by atoms with E-state index in [-0.39, 0.29) is 12.0 Å². The first-order valence-corrected chi connectivity index (χ1v) is 6.21. The third-order valence-electron chi connectivity index (χ3n) is 3.27. The zero-order chi connectivity index (χ0) is 13.0. The lowest BCUT2D eigenvalue weighted by Gasteiger charge is -2.32. The van der Waals surface area contributed by atoms with Gasteiger partial charge in [-0.15, -0.1) is 0 Å². The highest BCUT2D eigenvalue weighted by molar-refractivity contribution is 5.98. The van der Waals surface area contributed by atoms with Crippen molar-refractivity contribution in [1.82, 2.24) is 9.88 Å². The Morgan fingerprint density at radius 1 is 1.61 bits per heavy atom. The average molecular weight is 249 g/mol. The number of methoxy groups -OCH3 is 1. The first-order chi connectivity index (χ1) is 8.76. The number of hydrogen-bond acceptors (Lipinski definition) is 4. The molecule has 1 atom stereocenters. The van der Waals surface area contributed by atoms with Gasteiger partial charge in [0.1, 0.15) is 5.82 Å². The van der Waals surface area contributed by atoms with Gasteiger partial charge in [-0.1, -0.05) is 0 Å². The van der Waals surface area contributed by atoms with Crippen LogP contribution >= 0.6 is 0 Å². The van der Waals surface area contributed by atoms with Crippen molar-refractivity contribution in [3.63, 3.8) is 0 Å². The summed E-state index contributed by atoms with van der Waals surface area (Å²) in [6.45, 7) is 1.45. The van der Waals surface area contributed by atoms with Crippen molar-refractivity contribution in [1.29, 1.82) is 0 Å². The Bertz CT molecular complexity index is 422. The number of hydrogen-bond donors (Lipinski definition) is 1. The van der Waals surface area contributed by atoms with E-state index in [1.165, 1.54) is 0 Å². The van der Waals surface area contributed by atoms with Gasteiger partial charge in [-0.3, -0.25) is 4.79 Å². The SMILES string of the molecule is CNc1ncccc1C(=O)N1CCCC(OC)C1. The van der Waals surface area contributed by atoms with Gasteiger partial charge in [0.05, 0.1) is 11.7 Å². The standard InChI is InChI=1S/C13H19N3O2/c1-14-12-11(6-3-7-15-12)13(17)16-8-4-5-10(9-16)18-2/h3,6-7,10H,4-5,8-9H2,1-2H3,(H,14,15). The molecule has 0 spiro atoms. The molecule has 1 amide bonds. The van der Waals surface area contributed by atoms with E-state index in [9.17, 15) is 4.79 Å². The van der Waals surface area contributed by atoms with E-state index in [1.807, 2.05) is 4.90 Å². The molecule has 1 fully saturated rings. The Balaban J connectivity index is 2.15. The van der Waals surface area contributed by atoms with Gasteiger partial charge in [-0.2, -0.15) is 0 Å². The summed E-state index contributed by atoms with van der Waals surface area (Å²) < 4.78 is 5.34. The van der Waals surface area contributed by atoms with E-state index in [1.54, 1.807) is 32.5 Å². The molecule has 1 N–H and O–H groups in total. The van der Waals surface area contributed by atoms with Gasteiger partial charge < -0.3 is 15.0 Å². The van der Waals surface area contributed by atoms with Crippen LogP contribution in [0, 0.1) is 0 Å². The maximum Gasteiger partial charge on any atom is 0.257 e. The van der Waals surface area contributed by atoms with Crippen LogP contribution < -0.4 is 5.32 Å². The van der Waals surface area contributed by atoms with Crippen LogP contribution in [0.4, 0.5) is 5.82 Å². The van der Waals surface area contributed by atoms with Gasteiger partial charge in [0, 0.05) is 33.4 Å². The lowest BCUT2D eigenvalue weighted by atomic mass is 10.1. The number of carbonyl (C=O) groups excluding carboxylic acids is 1. The number of nitrogens with one attached hydrogen (secondary N) is 1. The quantitative estimate of drug-likeness (QED) is 0.879. The molecule has 0 saturated carbocycles.